The van der Waals surface area contributed by atoms with E-state index >= 15 is 0 Å². The number of primary amides is 1. The molecule has 4 nitrogen and oxygen atoms in total. The van der Waals surface area contributed by atoms with E-state index in [1.807, 2.05) is 0 Å². The Kier molecular flexibility index (Phi) is 1.66. The highest BCUT2D eigenvalue weighted by Gasteiger charge is 2.38. The van der Waals surface area contributed by atoms with Gasteiger partial charge in [0, 0.05) is 13.0 Å². The Morgan fingerprint density at radius 3 is 2.70 bits per heavy atom. The smallest absolute Gasteiger partial charge is 0.237 e. The molecule has 0 bridgehead atoms. The highest BCUT2D eigenvalue weighted by molar-refractivity contribution is 5.84. The number of carbonyl (C=O) groups excluding carboxylic acids is 1. The summed E-state index contributed by atoms with van der Waals surface area (Å²) in [5.41, 5.74) is 4.39. The van der Waals surface area contributed by atoms with Crippen molar-refractivity contribution in [3.63, 3.8) is 0 Å². The van der Waals surface area contributed by atoms with Gasteiger partial charge >= 0.3 is 0 Å². The maximum absolute atomic E-state index is 10.7. The molecule has 1 saturated heterocycles. The van der Waals surface area contributed by atoms with Crippen LogP contribution in [0.15, 0.2) is 0 Å². The van der Waals surface area contributed by atoms with Gasteiger partial charge in [0.2, 0.25) is 5.91 Å². The topological polar surface area (TPSA) is 75.4 Å². The minimum absolute atomic E-state index is 0.399. The molecule has 1 heterocycles. The highest BCUT2D eigenvalue weighted by Crippen LogP contribution is 2.17. The largest absolute Gasteiger partial charge is 0.392 e. The Labute approximate surface area is 59.4 Å². The first kappa shape index (κ1) is 7.50. The number of aliphatic hydroxyl groups excluding tert-OH is 1. The predicted octanol–water partition coefficient (Wildman–Crippen LogP) is -1.42. The molecule has 0 aromatic carbocycles. The molecular formula is C6H12N2O2. The summed E-state index contributed by atoms with van der Waals surface area (Å²) in [7, 11) is 0. The van der Waals surface area contributed by atoms with Crippen molar-refractivity contribution in [1.29, 1.82) is 0 Å². The summed E-state index contributed by atoms with van der Waals surface area (Å²) in [5, 5.41) is 11.9. The quantitative estimate of drug-likeness (QED) is 0.423. The van der Waals surface area contributed by atoms with Crippen LogP contribution in [-0.2, 0) is 4.79 Å². The first-order chi connectivity index (χ1) is 4.54. The Balaban J connectivity index is 2.63. The van der Waals surface area contributed by atoms with Gasteiger partial charge in [0.25, 0.3) is 0 Å². The van der Waals surface area contributed by atoms with Crippen molar-refractivity contribution in [2.45, 2.75) is 25.0 Å². The minimum Gasteiger partial charge on any atom is -0.392 e. The molecule has 0 radical (unpaired) electrons. The molecule has 0 saturated carbocycles. The highest BCUT2D eigenvalue weighted by atomic mass is 16.3. The van der Waals surface area contributed by atoms with E-state index in [4.69, 9.17) is 10.8 Å². The maximum Gasteiger partial charge on any atom is 0.237 e. The van der Waals surface area contributed by atoms with Crippen molar-refractivity contribution in [3.05, 3.63) is 0 Å². The number of nitrogens with two attached hydrogens (primary N) is 1. The maximum atomic E-state index is 10.7. The van der Waals surface area contributed by atoms with Crippen LogP contribution >= 0.6 is 0 Å². The van der Waals surface area contributed by atoms with E-state index in [9.17, 15) is 4.79 Å². The van der Waals surface area contributed by atoms with Crippen LogP contribution in [0.4, 0.5) is 0 Å². The molecule has 1 amide bonds. The van der Waals surface area contributed by atoms with Crippen LogP contribution in [0, 0.1) is 0 Å². The van der Waals surface area contributed by atoms with Crippen molar-refractivity contribution in [2.75, 3.05) is 6.54 Å². The van der Waals surface area contributed by atoms with E-state index in [2.05, 4.69) is 5.32 Å². The Hall–Kier alpha value is -0.610. The minimum atomic E-state index is -0.695. The van der Waals surface area contributed by atoms with Crippen molar-refractivity contribution in [3.8, 4) is 0 Å². The van der Waals surface area contributed by atoms with Gasteiger partial charge in [0.15, 0.2) is 0 Å². The standard InChI is InChI=1S/C6H12N2O2/c1-6(5(7)10)2-4(9)3-8-6/h4,8-9H,2-3H2,1H3,(H2,7,10)/t4-,6+/m1/s1. The zero-order valence-corrected chi connectivity index (χ0v) is 5.92. The molecule has 0 aliphatic carbocycles. The fourth-order valence-electron chi connectivity index (χ4n) is 1.15. The van der Waals surface area contributed by atoms with Crippen molar-refractivity contribution >= 4 is 5.91 Å². The normalized spacial score (nSPS) is 40.0. The predicted molar refractivity (Wildman–Crippen MR) is 36.2 cm³/mol. The molecule has 0 unspecified atom stereocenters. The Morgan fingerprint density at radius 1 is 1.90 bits per heavy atom. The fraction of sp³-hybridized carbons (Fsp3) is 0.833. The summed E-state index contributed by atoms with van der Waals surface area (Å²) in [5.74, 6) is -0.399. The van der Waals surface area contributed by atoms with Gasteiger partial charge < -0.3 is 16.2 Å². The van der Waals surface area contributed by atoms with Gasteiger partial charge in [-0.15, -0.1) is 0 Å². The summed E-state index contributed by atoms with van der Waals surface area (Å²) in [4.78, 5) is 10.7. The lowest BCUT2D eigenvalue weighted by atomic mass is 9.99. The van der Waals surface area contributed by atoms with Crippen LogP contribution in [0.1, 0.15) is 13.3 Å². The fourth-order valence-corrected chi connectivity index (χ4v) is 1.15. The van der Waals surface area contributed by atoms with Crippen molar-refractivity contribution < 1.29 is 9.90 Å². The molecule has 58 valence electrons. The molecule has 0 aromatic heterocycles. The van der Waals surface area contributed by atoms with Gasteiger partial charge in [-0.2, -0.15) is 0 Å². The number of rotatable bonds is 1. The second kappa shape index (κ2) is 2.21. The number of aliphatic hydroxyl groups is 1. The molecule has 0 aromatic rings. The van der Waals surface area contributed by atoms with Crippen molar-refractivity contribution in [1.82, 2.24) is 5.32 Å². The van der Waals surface area contributed by atoms with E-state index in [1.54, 1.807) is 6.92 Å². The molecule has 1 rings (SSSR count). The van der Waals surface area contributed by atoms with E-state index in [0.717, 1.165) is 0 Å². The summed E-state index contributed by atoms with van der Waals surface area (Å²) in [6.07, 6.45) is -0.0139. The van der Waals surface area contributed by atoms with Crippen LogP contribution in [0.25, 0.3) is 0 Å². The Morgan fingerprint density at radius 2 is 2.50 bits per heavy atom. The third kappa shape index (κ3) is 1.12. The van der Waals surface area contributed by atoms with E-state index in [0.29, 0.717) is 13.0 Å². The van der Waals surface area contributed by atoms with Gasteiger partial charge in [-0.05, 0) is 6.92 Å². The molecule has 1 aliphatic heterocycles. The summed E-state index contributed by atoms with van der Waals surface area (Å²) >= 11 is 0. The zero-order valence-electron chi connectivity index (χ0n) is 5.92. The number of hydrogen-bond donors (Lipinski definition) is 3. The SMILES string of the molecule is C[C@@]1(C(N)=O)C[C@@H](O)CN1. The summed E-state index contributed by atoms with van der Waals surface area (Å²) in [6.45, 7) is 2.16. The van der Waals surface area contributed by atoms with E-state index in [-0.39, 0.29) is 0 Å². The third-order valence-corrected chi connectivity index (χ3v) is 1.92. The van der Waals surface area contributed by atoms with Gasteiger partial charge in [-0.25, -0.2) is 0 Å². The number of carbonyl (C=O) groups is 1. The molecule has 1 fully saturated rings. The first-order valence-electron chi connectivity index (χ1n) is 3.27. The molecule has 0 spiro atoms. The monoisotopic (exact) mass is 144 g/mol. The molecular weight excluding hydrogens is 132 g/mol. The average Bonchev–Trinajstić information content (AvgIpc) is 2.13. The lowest BCUT2D eigenvalue weighted by molar-refractivity contribution is -0.123. The molecule has 4 N–H and O–H groups in total. The second-order valence-electron chi connectivity index (χ2n) is 2.94. The van der Waals surface area contributed by atoms with Crippen LogP contribution < -0.4 is 11.1 Å². The van der Waals surface area contributed by atoms with Crippen LogP contribution in [0.5, 0.6) is 0 Å². The van der Waals surface area contributed by atoms with Crippen LogP contribution in [-0.4, -0.2) is 29.2 Å². The number of hydrogen-bond acceptors (Lipinski definition) is 3. The van der Waals surface area contributed by atoms with Gasteiger partial charge in [-0.1, -0.05) is 0 Å². The first-order valence-corrected chi connectivity index (χ1v) is 3.27. The zero-order chi connectivity index (χ0) is 7.78. The molecule has 1 aliphatic rings. The number of amides is 1. The van der Waals surface area contributed by atoms with Crippen LogP contribution in [0.2, 0.25) is 0 Å². The molecule has 2 atom stereocenters. The molecule has 10 heavy (non-hydrogen) atoms. The van der Waals surface area contributed by atoms with E-state index < -0.39 is 17.6 Å². The van der Waals surface area contributed by atoms with Crippen molar-refractivity contribution in [2.24, 2.45) is 5.73 Å². The summed E-state index contributed by atoms with van der Waals surface area (Å²) < 4.78 is 0. The average molecular weight is 144 g/mol. The van der Waals surface area contributed by atoms with Gasteiger partial charge in [-0.3, -0.25) is 4.79 Å². The number of nitrogens with one attached hydrogen (secondary N) is 1. The van der Waals surface area contributed by atoms with Gasteiger partial charge in [0.1, 0.15) is 0 Å². The van der Waals surface area contributed by atoms with Crippen LogP contribution in [0.3, 0.4) is 0 Å². The van der Waals surface area contributed by atoms with E-state index in [1.165, 1.54) is 0 Å². The van der Waals surface area contributed by atoms with Gasteiger partial charge in [0.05, 0.1) is 11.6 Å². The third-order valence-electron chi connectivity index (χ3n) is 1.92. The lowest BCUT2D eigenvalue weighted by Crippen LogP contribution is -2.48. The Bertz CT molecular complexity index is 160. The summed E-state index contributed by atoms with van der Waals surface area (Å²) in [6, 6.07) is 0. The molecule has 4 heteroatoms. The lowest BCUT2D eigenvalue weighted by Gasteiger charge is -2.18. The number of β-amino-alcohol motifs (C(OH)–C–C–N with tert-alkyl or cyclic N) is 1. The second-order valence-corrected chi connectivity index (χ2v) is 2.94.